The first-order valence-corrected chi connectivity index (χ1v) is 15.5. The van der Waals surface area contributed by atoms with Crippen LogP contribution < -0.4 is 21.7 Å². The van der Waals surface area contributed by atoms with E-state index in [0.717, 1.165) is 58.3 Å². The molecular weight excluding hydrogens is 464 g/mol. The van der Waals surface area contributed by atoms with Crippen molar-refractivity contribution in [2.24, 2.45) is 52.1 Å². The highest BCUT2D eigenvalue weighted by molar-refractivity contribution is 5.75. The van der Waals surface area contributed by atoms with Gasteiger partial charge in [0.05, 0.1) is 12.2 Å². The van der Waals surface area contributed by atoms with Crippen molar-refractivity contribution in [3.8, 4) is 0 Å². The first kappa shape index (κ1) is 29.3. The zero-order valence-corrected chi connectivity index (χ0v) is 23.8. The molecule has 10 atom stereocenters. The number of aliphatic hydroxyl groups excluding tert-OH is 2. The zero-order chi connectivity index (χ0) is 26.6. The molecule has 0 heterocycles. The SMILES string of the molecule is C[C@H](CCC(=O)NCCNCCNCCN)[C@H]1CC[C@H]2[C@@H]3CC[C@@H]4C[C@H](O)CC[C@]4(C)[C@H]3C[C@H](O)[C@]12C. The van der Waals surface area contributed by atoms with Crippen molar-refractivity contribution in [1.82, 2.24) is 16.0 Å². The topological polar surface area (TPSA) is 120 Å². The molecule has 4 saturated carbocycles. The Bertz CT molecular complexity index is 752. The number of hydrogen-bond donors (Lipinski definition) is 6. The van der Waals surface area contributed by atoms with Gasteiger partial charge in [-0.3, -0.25) is 4.79 Å². The number of amides is 1. The normalized spacial score (nSPS) is 41.9. The summed E-state index contributed by atoms with van der Waals surface area (Å²) in [5.41, 5.74) is 5.71. The Balaban J connectivity index is 1.26. The first-order chi connectivity index (χ1) is 17.7. The number of rotatable bonds is 12. The van der Waals surface area contributed by atoms with Gasteiger partial charge in [0.1, 0.15) is 0 Å². The predicted octanol–water partition coefficient (Wildman–Crippen LogP) is 2.65. The Morgan fingerprint density at radius 3 is 2.43 bits per heavy atom. The third-order valence-corrected chi connectivity index (χ3v) is 11.8. The lowest BCUT2D eigenvalue weighted by Gasteiger charge is -2.62. The van der Waals surface area contributed by atoms with Crippen LogP contribution in [0.15, 0.2) is 0 Å². The molecule has 4 fully saturated rings. The summed E-state index contributed by atoms with van der Waals surface area (Å²) >= 11 is 0. The number of aliphatic hydroxyl groups is 2. The quantitative estimate of drug-likeness (QED) is 0.220. The molecule has 7 heteroatoms. The van der Waals surface area contributed by atoms with E-state index in [2.05, 4.69) is 36.7 Å². The van der Waals surface area contributed by atoms with Gasteiger partial charge >= 0.3 is 0 Å². The molecule has 0 aromatic carbocycles. The standard InChI is InChI=1S/C30H56N4O3/c1-20(4-9-28(37)34-17-16-33-15-14-32-13-12-31)24-7-8-25-23-6-5-21-18-22(35)10-11-29(21,2)26(23)19-27(36)30(24,25)3/h20-27,32-33,35-36H,4-19,31H2,1-3H3,(H,34,37)/t20-,21-,22-,23+,24-,25+,26+,27+,29+,30-/m1/s1. The van der Waals surface area contributed by atoms with Crippen LogP contribution in [-0.2, 0) is 4.79 Å². The van der Waals surface area contributed by atoms with E-state index in [1.807, 2.05) is 0 Å². The Kier molecular flexibility index (Phi) is 9.99. The fraction of sp³-hybridized carbons (Fsp3) is 0.967. The van der Waals surface area contributed by atoms with Crippen molar-refractivity contribution < 1.29 is 15.0 Å². The van der Waals surface area contributed by atoms with Crippen molar-refractivity contribution >= 4 is 5.91 Å². The molecule has 0 spiro atoms. The average molecular weight is 521 g/mol. The van der Waals surface area contributed by atoms with E-state index in [-0.39, 0.29) is 28.9 Å². The van der Waals surface area contributed by atoms with Gasteiger partial charge in [-0.25, -0.2) is 0 Å². The molecule has 7 nitrogen and oxygen atoms in total. The van der Waals surface area contributed by atoms with Crippen LogP contribution in [0, 0.1) is 46.3 Å². The summed E-state index contributed by atoms with van der Waals surface area (Å²) in [6.07, 6.45) is 9.95. The Labute approximate surface area is 225 Å². The van der Waals surface area contributed by atoms with Crippen LogP contribution in [0.4, 0.5) is 0 Å². The van der Waals surface area contributed by atoms with Crippen LogP contribution in [0.25, 0.3) is 0 Å². The Hall–Kier alpha value is -0.730. The molecule has 4 aliphatic carbocycles. The summed E-state index contributed by atoms with van der Waals surface area (Å²) in [6.45, 7) is 11.9. The first-order valence-electron chi connectivity index (χ1n) is 15.5. The Morgan fingerprint density at radius 2 is 1.68 bits per heavy atom. The number of fused-ring (bicyclic) bond motifs is 5. The summed E-state index contributed by atoms with van der Waals surface area (Å²) in [5, 5.41) is 31.7. The minimum absolute atomic E-state index is 0.0315. The van der Waals surface area contributed by atoms with E-state index in [0.29, 0.717) is 55.0 Å². The van der Waals surface area contributed by atoms with E-state index < -0.39 is 0 Å². The van der Waals surface area contributed by atoms with Gasteiger partial charge < -0.3 is 31.9 Å². The van der Waals surface area contributed by atoms with Crippen LogP contribution in [0.3, 0.4) is 0 Å². The number of nitrogens with one attached hydrogen (secondary N) is 3. The van der Waals surface area contributed by atoms with Gasteiger partial charge in [0.25, 0.3) is 0 Å². The highest BCUT2D eigenvalue weighted by atomic mass is 16.3. The molecule has 0 aliphatic heterocycles. The number of carbonyl (C=O) groups excluding carboxylic acids is 1. The van der Waals surface area contributed by atoms with Crippen molar-refractivity contribution in [1.29, 1.82) is 0 Å². The van der Waals surface area contributed by atoms with Crippen LogP contribution >= 0.6 is 0 Å². The molecule has 37 heavy (non-hydrogen) atoms. The second kappa shape index (κ2) is 12.6. The molecule has 214 valence electrons. The fourth-order valence-corrected chi connectivity index (χ4v) is 9.63. The molecule has 0 unspecified atom stereocenters. The highest BCUT2D eigenvalue weighted by Crippen LogP contribution is 2.68. The lowest BCUT2D eigenvalue weighted by atomic mass is 9.43. The summed E-state index contributed by atoms with van der Waals surface area (Å²) < 4.78 is 0. The highest BCUT2D eigenvalue weighted by Gasteiger charge is 2.63. The molecule has 0 saturated heterocycles. The smallest absolute Gasteiger partial charge is 0.220 e. The van der Waals surface area contributed by atoms with E-state index in [4.69, 9.17) is 5.73 Å². The molecule has 0 aromatic heterocycles. The molecule has 0 radical (unpaired) electrons. The van der Waals surface area contributed by atoms with Crippen LogP contribution in [0.2, 0.25) is 0 Å². The third kappa shape index (κ3) is 6.06. The van der Waals surface area contributed by atoms with E-state index in [1.54, 1.807) is 0 Å². The lowest BCUT2D eigenvalue weighted by molar-refractivity contribution is -0.174. The van der Waals surface area contributed by atoms with Crippen molar-refractivity contribution in [3.05, 3.63) is 0 Å². The van der Waals surface area contributed by atoms with E-state index in [9.17, 15) is 15.0 Å². The maximum absolute atomic E-state index is 12.5. The van der Waals surface area contributed by atoms with Gasteiger partial charge in [0, 0.05) is 45.7 Å². The summed E-state index contributed by atoms with van der Waals surface area (Å²) in [5.74, 6) is 3.59. The monoisotopic (exact) mass is 520 g/mol. The molecule has 0 aromatic rings. The van der Waals surface area contributed by atoms with Gasteiger partial charge in [0.2, 0.25) is 5.91 Å². The Morgan fingerprint density at radius 1 is 0.946 bits per heavy atom. The molecule has 1 amide bonds. The maximum atomic E-state index is 12.5. The van der Waals surface area contributed by atoms with Gasteiger partial charge in [-0.2, -0.15) is 0 Å². The van der Waals surface area contributed by atoms with Crippen molar-refractivity contribution in [2.75, 3.05) is 39.3 Å². The van der Waals surface area contributed by atoms with Gasteiger partial charge in [-0.05, 0) is 104 Å². The minimum Gasteiger partial charge on any atom is -0.393 e. The summed E-state index contributed by atoms with van der Waals surface area (Å²) in [6, 6.07) is 0. The van der Waals surface area contributed by atoms with Gasteiger partial charge in [0.15, 0.2) is 0 Å². The predicted molar refractivity (Wildman–Crippen MR) is 149 cm³/mol. The number of nitrogens with two attached hydrogens (primary N) is 1. The largest absolute Gasteiger partial charge is 0.393 e. The average Bonchev–Trinajstić information content (AvgIpc) is 3.24. The lowest BCUT2D eigenvalue weighted by Crippen LogP contribution is -2.58. The minimum atomic E-state index is -0.254. The molecule has 4 aliphatic rings. The maximum Gasteiger partial charge on any atom is 0.220 e. The zero-order valence-electron chi connectivity index (χ0n) is 23.8. The fourth-order valence-electron chi connectivity index (χ4n) is 9.63. The van der Waals surface area contributed by atoms with Crippen LogP contribution in [0.5, 0.6) is 0 Å². The third-order valence-electron chi connectivity index (χ3n) is 11.8. The number of carbonyl (C=O) groups is 1. The van der Waals surface area contributed by atoms with Crippen molar-refractivity contribution in [2.45, 2.75) is 97.2 Å². The summed E-state index contributed by atoms with van der Waals surface area (Å²) in [7, 11) is 0. The molecule has 4 rings (SSSR count). The van der Waals surface area contributed by atoms with E-state index >= 15 is 0 Å². The second-order valence-electron chi connectivity index (χ2n) is 13.5. The van der Waals surface area contributed by atoms with E-state index in [1.165, 1.54) is 25.7 Å². The molecule has 7 N–H and O–H groups in total. The van der Waals surface area contributed by atoms with Gasteiger partial charge in [-0.1, -0.05) is 20.8 Å². The second-order valence-corrected chi connectivity index (χ2v) is 13.5. The van der Waals surface area contributed by atoms with Crippen LogP contribution in [0.1, 0.15) is 85.0 Å². The van der Waals surface area contributed by atoms with Gasteiger partial charge in [-0.15, -0.1) is 0 Å². The molecular formula is C30H56N4O3. The van der Waals surface area contributed by atoms with Crippen LogP contribution in [-0.4, -0.2) is 67.6 Å². The number of hydrogen-bond acceptors (Lipinski definition) is 6. The summed E-state index contributed by atoms with van der Waals surface area (Å²) in [4.78, 5) is 12.5. The molecule has 0 bridgehead atoms. The van der Waals surface area contributed by atoms with Crippen molar-refractivity contribution in [3.63, 3.8) is 0 Å².